The third-order valence-corrected chi connectivity index (χ3v) is 4.12. The van der Waals surface area contributed by atoms with Crippen LogP contribution in [0.1, 0.15) is 23.9 Å². The van der Waals surface area contributed by atoms with E-state index < -0.39 is 11.7 Å². The predicted molar refractivity (Wildman–Crippen MR) is 78.1 cm³/mol. The summed E-state index contributed by atoms with van der Waals surface area (Å²) in [5.74, 6) is 0.615. The minimum absolute atomic E-state index is 0.147. The fourth-order valence-electron chi connectivity index (χ4n) is 2.00. The molecular formula is C14H16F3N3S. The summed E-state index contributed by atoms with van der Waals surface area (Å²) in [6.45, 7) is 4.66. The average molecular weight is 315 g/mol. The molecule has 0 bridgehead atoms. The minimum Gasteiger partial charge on any atom is -0.398 e. The number of aryl methyl sites for hydroxylation is 2. The second-order valence-electron chi connectivity index (χ2n) is 4.63. The number of thioether (sulfide) groups is 1. The molecule has 0 saturated carbocycles. The van der Waals surface area contributed by atoms with E-state index >= 15 is 0 Å². The standard InChI is InChI=1S/C14H16F3N3S/c1-3-20-11(6-9(2)19-20)8-21-13-5-4-10(7-12(13)18)14(15,16)17/h4-7H,3,8,18H2,1-2H3. The van der Waals surface area contributed by atoms with Crippen LogP contribution >= 0.6 is 11.8 Å². The smallest absolute Gasteiger partial charge is 0.398 e. The van der Waals surface area contributed by atoms with Gasteiger partial charge in [-0.15, -0.1) is 11.8 Å². The number of nitrogens with two attached hydrogens (primary N) is 1. The van der Waals surface area contributed by atoms with Gasteiger partial charge >= 0.3 is 6.18 Å². The first-order chi connectivity index (χ1) is 9.81. The fourth-order valence-corrected chi connectivity index (χ4v) is 2.92. The van der Waals surface area contributed by atoms with E-state index in [1.165, 1.54) is 17.8 Å². The first-order valence-electron chi connectivity index (χ1n) is 6.44. The van der Waals surface area contributed by atoms with Crippen molar-refractivity contribution in [1.82, 2.24) is 9.78 Å². The van der Waals surface area contributed by atoms with Crippen molar-refractivity contribution in [1.29, 1.82) is 0 Å². The van der Waals surface area contributed by atoms with Crippen LogP contribution in [-0.4, -0.2) is 9.78 Å². The molecule has 114 valence electrons. The lowest BCUT2D eigenvalue weighted by Crippen LogP contribution is -2.06. The van der Waals surface area contributed by atoms with Gasteiger partial charge in [0, 0.05) is 28.6 Å². The van der Waals surface area contributed by atoms with Crippen molar-refractivity contribution < 1.29 is 13.2 Å². The monoisotopic (exact) mass is 315 g/mol. The Morgan fingerprint density at radius 3 is 2.57 bits per heavy atom. The fraction of sp³-hybridized carbons (Fsp3) is 0.357. The van der Waals surface area contributed by atoms with Crippen LogP contribution in [0.2, 0.25) is 0 Å². The Morgan fingerprint density at radius 1 is 1.29 bits per heavy atom. The van der Waals surface area contributed by atoms with Gasteiger partial charge in [-0.2, -0.15) is 18.3 Å². The highest BCUT2D eigenvalue weighted by Gasteiger charge is 2.30. The molecule has 3 nitrogen and oxygen atoms in total. The molecule has 0 amide bonds. The van der Waals surface area contributed by atoms with Gasteiger partial charge < -0.3 is 5.73 Å². The van der Waals surface area contributed by atoms with Gasteiger partial charge in [-0.25, -0.2) is 0 Å². The molecule has 0 saturated heterocycles. The number of hydrogen-bond donors (Lipinski definition) is 1. The molecule has 0 fully saturated rings. The Kier molecular flexibility index (Phi) is 4.51. The van der Waals surface area contributed by atoms with Gasteiger partial charge in [-0.05, 0) is 38.1 Å². The van der Waals surface area contributed by atoms with Crippen molar-refractivity contribution in [3.63, 3.8) is 0 Å². The molecule has 2 N–H and O–H groups in total. The molecule has 0 unspecified atom stereocenters. The zero-order valence-corrected chi connectivity index (χ0v) is 12.6. The third kappa shape index (κ3) is 3.72. The third-order valence-electron chi connectivity index (χ3n) is 3.00. The molecule has 7 heteroatoms. The largest absolute Gasteiger partial charge is 0.416 e. The first kappa shape index (κ1) is 15.8. The van der Waals surface area contributed by atoms with Crippen molar-refractivity contribution in [3.8, 4) is 0 Å². The zero-order chi connectivity index (χ0) is 15.6. The SMILES string of the molecule is CCn1nc(C)cc1CSc1ccc(C(F)(F)F)cc1N. The molecule has 21 heavy (non-hydrogen) atoms. The summed E-state index contributed by atoms with van der Waals surface area (Å²) in [5.41, 5.74) is 7.09. The van der Waals surface area contributed by atoms with Crippen LogP contribution in [0.15, 0.2) is 29.2 Å². The van der Waals surface area contributed by atoms with Gasteiger partial charge in [-0.3, -0.25) is 4.68 Å². The van der Waals surface area contributed by atoms with Crippen molar-refractivity contribution in [3.05, 3.63) is 41.2 Å². The Balaban J connectivity index is 2.13. The molecule has 0 aliphatic heterocycles. The molecule has 0 spiro atoms. The van der Waals surface area contributed by atoms with E-state index in [4.69, 9.17) is 5.73 Å². The highest BCUT2D eigenvalue weighted by Crippen LogP contribution is 2.35. The molecule has 1 heterocycles. The lowest BCUT2D eigenvalue weighted by atomic mass is 10.2. The highest BCUT2D eigenvalue weighted by molar-refractivity contribution is 7.98. The number of rotatable bonds is 4. The molecule has 1 aromatic carbocycles. The Morgan fingerprint density at radius 2 is 2.00 bits per heavy atom. The molecule has 2 rings (SSSR count). The number of benzene rings is 1. The number of anilines is 1. The van der Waals surface area contributed by atoms with E-state index in [1.54, 1.807) is 0 Å². The zero-order valence-electron chi connectivity index (χ0n) is 11.7. The van der Waals surface area contributed by atoms with Crippen LogP contribution in [0.25, 0.3) is 0 Å². The molecular weight excluding hydrogens is 299 g/mol. The second kappa shape index (κ2) is 6.01. The van der Waals surface area contributed by atoms with Crippen molar-refractivity contribution in [2.24, 2.45) is 0 Å². The Bertz CT molecular complexity index is 635. The van der Waals surface area contributed by atoms with Gasteiger partial charge in [-0.1, -0.05) is 0 Å². The normalized spacial score (nSPS) is 11.9. The Hall–Kier alpha value is -1.63. The van der Waals surface area contributed by atoms with E-state index in [1.807, 2.05) is 24.6 Å². The van der Waals surface area contributed by atoms with Crippen LogP contribution in [0, 0.1) is 6.92 Å². The van der Waals surface area contributed by atoms with Crippen LogP contribution in [-0.2, 0) is 18.5 Å². The van der Waals surface area contributed by atoms with Gasteiger partial charge in [0.25, 0.3) is 0 Å². The first-order valence-corrected chi connectivity index (χ1v) is 7.42. The second-order valence-corrected chi connectivity index (χ2v) is 5.65. The Labute approximate surface area is 125 Å². The van der Waals surface area contributed by atoms with Crippen LogP contribution in [0.3, 0.4) is 0 Å². The van der Waals surface area contributed by atoms with E-state index in [0.29, 0.717) is 10.6 Å². The summed E-state index contributed by atoms with van der Waals surface area (Å²) < 4.78 is 39.6. The van der Waals surface area contributed by atoms with Crippen LogP contribution in [0.5, 0.6) is 0 Å². The maximum absolute atomic E-state index is 12.6. The van der Waals surface area contributed by atoms with Gasteiger partial charge in [0.2, 0.25) is 0 Å². The number of nitrogen functional groups attached to an aromatic ring is 1. The summed E-state index contributed by atoms with van der Waals surface area (Å²) in [4.78, 5) is 0.643. The molecule has 2 aromatic rings. The quantitative estimate of drug-likeness (QED) is 0.682. The van der Waals surface area contributed by atoms with Crippen molar-refractivity contribution in [2.45, 2.75) is 37.2 Å². The average Bonchev–Trinajstić information content (AvgIpc) is 2.76. The van der Waals surface area contributed by atoms with Gasteiger partial charge in [0.15, 0.2) is 0 Å². The minimum atomic E-state index is -4.37. The summed E-state index contributed by atoms with van der Waals surface area (Å²) in [6.07, 6.45) is -4.37. The summed E-state index contributed by atoms with van der Waals surface area (Å²) in [5, 5.41) is 4.33. The van der Waals surface area contributed by atoms with E-state index in [2.05, 4.69) is 5.10 Å². The number of hydrogen-bond acceptors (Lipinski definition) is 3. The number of alkyl halides is 3. The van der Waals surface area contributed by atoms with Crippen molar-refractivity contribution in [2.75, 3.05) is 5.73 Å². The maximum Gasteiger partial charge on any atom is 0.416 e. The number of halogens is 3. The van der Waals surface area contributed by atoms with E-state index in [-0.39, 0.29) is 5.69 Å². The molecule has 1 aromatic heterocycles. The van der Waals surface area contributed by atoms with Gasteiger partial charge in [0.05, 0.1) is 11.3 Å². The molecule has 0 atom stereocenters. The van der Waals surface area contributed by atoms with Gasteiger partial charge in [0.1, 0.15) is 0 Å². The van der Waals surface area contributed by atoms with Crippen LogP contribution in [0.4, 0.5) is 18.9 Å². The molecule has 0 radical (unpaired) electrons. The molecule has 0 aliphatic rings. The van der Waals surface area contributed by atoms with E-state index in [9.17, 15) is 13.2 Å². The number of nitrogens with zero attached hydrogens (tertiary/aromatic N) is 2. The summed E-state index contributed by atoms with van der Waals surface area (Å²) in [7, 11) is 0. The lowest BCUT2D eigenvalue weighted by Gasteiger charge is -2.11. The highest BCUT2D eigenvalue weighted by atomic mass is 32.2. The lowest BCUT2D eigenvalue weighted by molar-refractivity contribution is -0.137. The topological polar surface area (TPSA) is 43.8 Å². The summed E-state index contributed by atoms with van der Waals surface area (Å²) in [6, 6.07) is 5.42. The van der Waals surface area contributed by atoms with Crippen molar-refractivity contribution >= 4 is 17.4 Å². The predicted octanol–water partition coefficient (Wildman–Crippen LogP) is 4.10. The maximum atomic E-state index is 12.6. The van der Waals surface area contributed by atoms with Crippen LogP contribution < -0.4 is 5.73 Å². The molecule has 0 aliphatic carbocycles. The van der Waals surface area contributed by atoms with E-state index in [0.717, 1.165) is 30.1 Å². The summed E-state index contributed by atoms with van der Waals surface area (Å²) >= 11 is 1.41. The number of aromatic nitrogens is 2.